The molecule has 1 aromatic heterocycles. The molecule has 1 fully saturated rings. The standard InChI is InChI=1S/C13H18F3N3/c1-3-8(2)9-4-10(5-9)19-12-7-17-11(6-18-12)13(14,15)16/h6-10H,3-5H2,1-2H3,(H,18,19). The lowest BCUT2D eigenvalue weighted by Crippen LogP contribution is -2.38. The summed E-state index contributed by atoms with van der Waals surface area (Å²) in [6, 6.07) is 0.310. The second kappa shape index (κ2) is 5.35. The Labute approximate surface area is 110 Å². The van der Waals surface area contributed by atoms with E-state index in [4.69, 9.17) is 0 Å². The number of aromatic nitrogens is 2. The van der Waals surface area contributed by atoms with Crippen molar-refractivity contribution in [1.82, 2.24) is 9.97 Å². The molecule has 6 heteroatoms. The summed E-state index contributed by atoms with van der Waals surface area (Å²) in [6.45, 7) is 4.41. The lowest BCUT2D eigenvalue weighted by atomic mass is 9.72. The Balaban J connectivity index is 1.85. The third-order valence-electron chi connectivity index (χ3n) is 3.92. The van der Waals surface area contributed by atoms with Crippen molar-refractivity contribution in [1.29, 1.82) is 0 Å². The molecule has 3 nitrogen and oxygen atoms in total. The SMILES string of the molecule is CCC(C)C1CC(Nc2cnc(C(F)(F)F)cn2)C1. The maximum atomic E-state index is 12.3. The quantitative estimate of drug-likeness (QED) is 0.908. The largest absolute Gasteiger partial charge is 0.434 e. The molecular formula is C13H18F3N3. The van der Waals surface area contributed by atoms with E-state index in [1.54, 1.807) is 0 Å². The van der Waals surface area contributed by atoms with Crippen LogP contribution in [-0.2, 0) is 6.18 Å². The first kappa shape index (κ1) is 14.1. The van der Waals surface area contributed by atoms with Crippen molar-refractivity contribution < 1.29 is 13.2 Å². The Morgan fingerprint density at radius 2 is 2.00 bits per heavy atom. The fourth-order valence-electron chi connectivity index (χ4n) is 2.34. The Hall–Kier alpha value is -1.33. The normalized spacial score (nSPS) is 24.7. The van der Waals surface area contributed by atoms with Crippen LogP contribution in [0.5, 0.6) is 0 Å². The summed E-state index contributed by atoms with van der Waals surface area (Å²) in [7, 11) is 0. The van der Waals surface area contributed by atoms with Gasteiger partial charge in [-0.05, 0) is 24.7 Å². The van der Waals surface area contributed by atoms with Crippen LogP contribution in [0.25, 0.3) is 0 Å². The molecule has 0 radical (unpaired) electrons. The van der Waals surface area contributed by atoms with Crippen LogP contribution in [-0.4, -0.2) is 16.0 Å². The van der Waals surface area contributed by atoms with E-state index in [9.17, 15) is 13.2 Å². The molecule has 1 atom stereocenters. The number of alkyl halides is 3. The first-order valence-electron chi connectivity index (χ1n) is 6.56. The second-order valence-corrected chi connectivity index (χ2v) is 5.24. The van der Waals surface area contributed by atoms with Gasteiger partial charge in [-0.25, -0.2) is 9.97 Å². The van der Waals surface area contributed by atoms with Gasteiger partial charge in [-0.2, -0.15) is 13.2 Å². The van der Waals surface area contributed by atoms with E-state index in [0.29, 0.717) is 23.7 Å². The number of hydrogen-bond donors (Lipinski definition) is 1. The van der Waals surface area contributed by atoms with E-state index in [1.807, 2.05) is 0 Å². The van der Waals surface area contributed by atoms with Crippen LogP contribution in [0.2, 0.25) is 0 Å². The molecule has 0 aliphatic heterocycles. The summed E-state index contributed by atoms with van der Waals surface area (Å²) in [4.78, 5) is 7.15. The van der Waals surface area contributed by atoms with Gasteiger partial charge in [-0.1, -0.05) is 20.3 Å². The minimum atomic E-state index is -4.43. The molecule has 1 saturated carbocycles. The van der Waals surface area contributed by atoms with E-state index in [-0.39, 0.29) is 0 Å². The average Bonchev–Trinajstić information content (AvgIpc) is 2.32. The lowest BCUT2D eigenvalue weighted by Gasteiger charge is -2.39. The van der Waals surface area contributed by atoms with Gasteiger partial charge in [-0.15, -0.1) is 0 Å². The van der Waals surface area contributed by atoms with Crippen molar-refractivity contribution >= 4 is 5.82 Å². The minimum Gasteiger partial charge on any atom is -0.366 e. The maximum Gasteiger partial charge on any atom is 0.434 e. The molecule has 1 aromatic rings. The highest BCUT2D eigenvalue weighted by Crippen LogP contribution is 2.36. The van der Waals surface area contributed by atoms with Crippen LogP contribution in [0, 0.1) is 11.8 Å². The first-order chi connectivity index (χ1) is 8.90. The summed E-state index contributed by atoms with van der Waals surface area (Å²) in [5.41, 5.74) is -0.954. The summed E-state index contributed by atoms with van der Waals surface area (Å²) in [5.74, 6) is 1.84. The topological polar surface area (TPSA) is 37.8 Å². The van der Waals surface area contributed by atoms with Crippen molar-refractivity contribution in [3.63, 3.8) is 0 Å². The Morgan fingerprint density at radius 3 is 2.47 bits per heavy atom. The van der Waals surface area contributed by atoms with Gasteiger partial charge in [0.2, 0.25) is 0 Å². The van der Waals surface area contributed by atoms with Gasteiger partial charge >= 0.3 is 6.18 Å². The molecule has 0 aromatic carbocycles. The highest BCUT2D eigenvalue weighted by Gasteiger charge is 2.34. The van der Waals surface area contributed by atoms with Gasteiger partial charge in [0, 0.05) is 6.04 Å². The van der Waals surface area contributed by atoms with E-state index in [1.165, 1.54) is 0 Å². The first-order valence-corrected chi connectivity index (χ1v) is 6.56. The molecule has 2 rings (SSSR count). The molecule has 1 aliphatic carbocycles. The molecule has 1 heterocycles. The number of nitrogens with zero attached hydrogens (tertiary/aromatic N) is 2. The summed E-state index contributed by atoms with van der Waals surface area (Å²) < 4.78 is 36.9. The Kier molecular flexibility index (Phi) is 3.96. The van der Waals surface area contributed by atoms with Crippen LogP contribution in [0.4, 0.5) is 19.0 Å². The zero-order chi connectivity index (χ0) is 14.0. The van der Waals surface area contributed by atoms with Gasteiger partial charge in [0.05, 0.1) is 12.4 Å². The van der Waals surface area contributed by atoms with Gasteiger partial charge in [0.15, 0.2) is 5.69 Å². The van der Waals surface area contributed by atoms with Crippen LogP contribution in [0.15, 0.2) is 12.4 Å². The van der Waals surface area contributed by atoms with E-state index in [0.717, 1.165) is 31.7 Å². The lowest BCUT2D eigenvalue weighted by molar-refractivity contribution is -0.141. The van der Waals surface area contributed by atoms with Crippen molar-refractivity contribution in [2.75, 3.05) is 5.32 Å². The molecule has 0 spiro atoms. The van der Waals surface area contributed by atoms with Gasteiger partial charge < -0.3 is 5.32 Å². The van der Waals surface area contributed by atoms with Crippen LogP contribution in [0.3, 0.4) is 0 Å². The molecular weight excluding hydrogens is 255 g/mol. The van der Waals surface area contributed by atoms with Gasteiger partial charge in [-0.3, -0.25) is 0 Å². The highest BCUT2D eigenvalue weighted by atomic mass is 19.4. The number of anilines is 1. The monoisotopic (exact) mass is 273 g/mol. The molecule has 1 N–H and O–H groups in total. The van der Waals surface area contributed by atoms with Crippen LogP contribution in [0.1, 0.15) is 38.8 Å². The zero-order valence-corrected chi connectivity index (χ0v) is 11.0. The van der Waals surface area contributed by atoms with Crippen molar-refractivity contribution in [2.24, 2.45) is 11.8 Å². The highest BCUT2D eigenvalue weighted by molar-refractivity contribution is 5.33. The molecule has 0 saturated heterocycles. The fourth-order valence-corrected chi connectivity index (χ4v) is 2.34. The van der Waals surface area contributed by atoms with Crippen molar-refractivity contribution in [3.05, 3.63) is 18.1 Å². The van der Waals surface area contributed by atoms with Crippen LogP contribution < -0.4 is 5.32 Å². The predicted molar refractivity (Wildman–Crippen MR) is 66.6 cm³/mol. The molecule has 0 bridgehead atoms. The molecule has 1 aliphatic rings. The molecule has 0 amide bonds. The number of nitrogens with one attached hydrogen (secondary N) is 1. The third kappa shape index (κ3) is 3.36. The smallest absolute Gasteiger partial charge is 0.366 e. The number of hydrogen-bond acceptors (Lipinski definition) is 3. The minimum absolute atomic E-state index is 0.310. The van der Waals surface area contributed by atoms with E-state index < -0.39 is 11.9 Å². The molecule has 19 heavy (non-hydrogen) atoms. The average molecular weight is 273 g/mol. The van der Waals surface area contributed by atoms with E-state index >= 15 is 0 Å². The Bertz CT molecular complexity index is 410. The summed E-state index contributed by atoms with van der Waals surface area (Å²) >= 11 is 0. The third-order valence-corrected chi connectivity index (χ3v) is 3.92. The Morgan fingerprint density at radius 1 is 1.32 bits per heavy atom. The van der Waals surface area contributed by atoms with Crippen molar-refractivity contribution in [2.45, 2.75) is 45.3 Å². The van der Waals surface area contributed by atoms with Gasteiger partial charge in [0.1, 0.15) is 5.82 Å². The number of halogens is 3. The van der Waals surface area contributed by atoms with Crippen LogP contribution >= 0.6 is 0 Å². The maximum absolute atomic E-state index is 12.3. The zero-order valence-electron chi connectivity index (χ0n) is 11.0. The predicted octanol–water partition coefficient (Wildman–Crippen LogP) is 3.73. The fraction of sp³-hybridized carbons (Fsp3) is 0.692. The van der Waals surface area contributed by atoms with E-state index in [2.05, 4.69) is 29.1 Å². The van der Waals surface area contributed by atoms with Gasteiger partial charge in [0.25, 0.3) is 0 Å². The number of rotatable bonds is 4. The molecule has 1 unspecified atom stereocenters. The van der Waals surface area contributed by atoms with Crippen molar-refractivity contribution in [3.8, 4) is 0 Å². The summed E-state index contributed by atoms with van der Waals surface area (Å²) in [6.07, 6.45) is 0.767. The summed E-state index contributed by atoms with van der Waals surface area (Å²) in [5, 5.41) is 3.12. The molecule has 106 valence electrons. The second-order valence-electron chi connectivity index (χ2n) is 5.24.